The summed E-state index contributed by atoms with van der Waals surface area (Å²) >= 11 is 3.28. The van der Waals surface area contributed by atoms with E-state index in [9.17, 15) is 4.79 Å². The predicted octanol–water partition coefficient (Wildman–Crippen LogP) is 3.51. The van der Waals surface area contributed by atoms with Crippen molar-refractivity contribution in [2.75, 3.05) is 7.11 Å². The highest BCUT2D eigenvalue weighted by Crippen LogP contribution is 2.29. The number of nitrogens with zero attached hydrogens (tertiary/aromatic N) is 1. The maximum Gasteiger partial charge on any atom is 0.265 e. The van der Waals surface area contributed by atoms with Crippen LogP contribution in [0.1, 0.15) is 62.4 Å². The first-order valence-corrected chi connectivity index (χ1v) is 7.79. The average Bonchev–Trinajstić information content (AvgIpc) is 2.34. The molecule has 0 saturated heterocycles. The van der Waals surface area contributed by atoms with E-state index in [4.69, 9.17) is 4.74 Å². The molecule has 0 unspecified atom stereocenters. The second-order valence-electron chi connectivity index (χ2n) is 5.19. The Morgan fingerprint density at radius 2 is 1.89 bits per heavy atom. The maximum atomic E-state index is 11.9. The molecule has 0 amide bonds. The fraction of sp³-hybridized carbons (Fsp3) is 0.714. The summed E-state index contributed by atoms with van der Waals surface area (Å²) in [5.74, 6) is 1.22. The van der Waals surface area contributed by atoms with Crippen LogP contribution in [-0.4, -0.2) is 17.1 Å². The lowest BCUT2D eigenvalue weighted by Gasteiger charge is -2.19. The van der Waals surface area contributed by atoms with Crippen LogP contribution in [0.15, 0.2) is 9.27 Å². The minimum Gasteiger partial charge on any atom is -0.378 e. The summed E-state index contributed by atoms with van der Waals surface area (Å²) in [6.45, 7) is 0.365. The Labute approximate surface area is 122 Å². The van der Waals surface area contributed by atoms with Crippen LogP contribution in [0.4, 0.5) is 0 Å². The fourth-order valence-electron chi connectivity index (χ4n) is 2.68. The van der Waals surface area contributed by atoms with Crippen molar-refractivity contribution in [1.29, 1.82) is 0 Å². The van der Waals surface area contributed by atoms with E-state index in [2.05, 4.69) is 25.9 Å². The van der Waals surface area contributed by atoms with Gasteiger partial charge in [0.25, 0.3) is 5.56 Å². The molecule has 5 heteroatoms. The van der Waals surface area contributed by atoms with Crippen molar-refractivity contribution in [1.82, 2.24) is 9.97 Å². The van der Waals surface area contributed by atoms with Gasteiger partial charge in [-0.2, -0.15) is 0 Å². The molecular formula is C14H21BrN2O2. The van der Waals surface area contributed by atoms with E-state index in [1.807, 2.05) is 0 Å². The van der Waals surface area contributed by atoms with E-state index in [0.717, 1.165) is 18.7 Å². The van der Waals surface area contributed by atoms with Gasteiger partial charge in [-0.3, -0.25) is 4.79 Å². The lowest BCUT2D eigenvalue weighted by molar-refractivity contribution is 0.180. The Morgan fingerprint density at radius 1 is 1.26 bits per heavy atom. The molecule has 0 radical (unpaired) electrons. The summed E-state index contributed by atoms with van der Waals surface area (Å²) in [5.41, 5.74) is 0.599. The van der Waals surface area contributed by atoms with Crippen molar-refractivity contribution >= 4 is 15.9 Å². The van der Waals surface area contributed by atoms with Crippen LogP contribution >= 0.6 is 15.9 Å². The standard InChI is InChI=1S/C14H21BrN2O2/c1-19-9-11-12(15)14(18)17-13(16-11)10-7-5-3-2-4-6-8-10/h10H,2-9H2,1H3,(H,16,17,18). The number of hydrogen-bond acceptors (Lipinski definition) is 3. The maximum absolute atomic E-state index is 11.9. The van der Waals surface area contributed by atoms with Crippen LogP contribution in [0.2, 0.25) is 0 Å². The van der Waals surface area contributed by atoms with Gasteiger partial charge in [0, 0.05) is 13.0 Å². The zero-order valence-corrected chi connectivity index (χ0v) is 13.0. The van der Waals surface area contributed by atoms with Gasteiger partial charge in [0.1, 0.15) is 10.3 Å². The molecule has 0 aliphatic heterocycles. The Bertz CT molecular complexity index is 465. The quantitative estimate of drug-likeness (QED) is 0.923. The Kier molecular flexibility index (Phi) is 5.58. The summed E-state index contributed by atoms with van der Waals surface area (Å²) in [6.07, 6.45) is 8.62. The molecule has 4 nitrogen and oxygen atoms in total. The Balaban J connectivity index is 2.24. The van der Waals surface area contributed by atoms with Crippen LogP contribution in [-0.2, 0) is 11.3 Å². The van der Waals surface area contributed by atoms with E-state index in [1.165, 1.54) is 32.1 Å². The zero-order valence-electron chi connectivity index (χ0n) is 11.4. The number of aromatic nitrogens is 2. The summed E-state index contributed by atoms with van der Waals surface area (Å²) in [5, 5.41) is 0. The van der Waals surface area contributed by atoms with Crippen molar-refractivity contribution in [3.63, 3.8) is 0 Å². The highest BCUT2D eigenvalue weighted by Gasteiger charge is 2.18. The van der Waals surface area contributed by atoms with E-state index in [1.54, 1.807) is 7.11 Å². The number of methoxy groups -OCH3 is 1. The van der Waals surface area contributed by atoms with Gasteiger partial charge in [-0.05, 0) is 28.8 Å². The topological polar surface area (TPSA) is 55.0 Å². The van der Waals surface area contributed by atoms with Crippen molar-refractivity contribution in [2.45, 2.75) is 57.5 Å². The highest BCUT2D eigenvalue weighted by atomic mass is 79.9. The molecule has 0 spiro atoms. The van der Waals surface area contributed by atoms with Gasteiger partial charge in [-0.1, -0.05) is 32.1 Å². The van der Waals surface area contributed by atoms with Crippen molar-refractivity contribution in [3.8, 4) is 0 Å². The van der Waals surface area contributed by atoms with E-state index in [-0.39, 0.29) is 5.56 Å². The summed E-state index contributed by atoms with van der Waals surface area (Å²) in [4.78, 5) is 19.4. The minimum atomic E-state index is -0.0980. The van der Waals surface area contributed by atoms with E-state index < -0.39 is 0 Å². The SMILES string of the molecule is COCc1nc(C2CCCCCCC2)[nH]c(=O)c1Br. The fourth-order valence-corrected chi connectivity index (χ4v) is 2.98. The third-order valence-corrected chi connectivity index (χ3v) is 4.54. The number of halogens is 1. The second-order valence-corrected chi connectivity index (χ2v) is 5.98. The molecule has 0 aromatic carbocycles. The van der Waals surface area contributed by atoms with E-state index >= 15 is 0 Å². The molecule has 1 aromatic heterocycles. The Morgan fingerprint density at radius 3 is 2.53 bits per heavy atom. The molecule has 1 fully saturated rings. The van der Waals surface area contributed by atoms with Gasteiger partial charge in [0.15, 0.2) is 0 Å². The number of rotatable bonds is 3. The van der Waals surface area contributed by atoms with Gasteiger partial charge < -0.3 is 9.72 Å². The molecule has 1 saturated carbocycles. The predicted molar refractivity (Wildman–Crippen MR) is 78.3 cm³/mol. The van der Waals surface area contributed by atoms with Crippen molar-refractivity contribution < 1.29 is 4.74 Å². The lowest BCUT2D eigenvalue weighted by atomic mass is 9.90. The normalized spacial score (nSPS) is 18.0. The van der Waals surface area contributed by atoms with E-state index in [0.29, 0.717) is 22.7 Å². The molecule has 1 aliphatic carbocycles. The second kappa shape index (κ2) is 7.20. The molecule has 19 heavy (non-hydrogen) atoms. The van der Waals surface area contributed by atoms with Crippen LogP contribution in [0.3, 0.4) is 0 Å². The van der Waals surface area contributed by atoms with Gasteiger partial charge in [-0.15, -0.1) is 0 Å². The first kappa shape index (κ1) is 14.7. The molecule has 0 bridgehead atoms. The van der Waals surface area contributed by atoms with Gasteiger partial charge in [-0.25, -0.2) is 4.98 Å². The number of H-pyrrole nitrogens is 1. The minimum absolute atomic E-state index is 0.0980. The molecule has 1 aliphatic rings. The van der Waals surface area contributed by atoms with Crippen LogP contribution in [0.25, 0.3) is 0 Å². The highest BCUT2D eigenvalue weighted by molar-refractivity contribution is 9.10. The van der Waals surface area contributed by atoms with Gasteiger partial charge in [0.05, 0.1) is 12.3 Å². The number of aromatic amines is 1. The monoisotopic (exact) mass is 328 g/mol. The molecule has 2 rings (SSSR count). The summed E-state index contributed by atoms with van der Waals surface area (Å²) < 4.78 is 5.60. The molecule has 1 aromatic rings. The first-order chi connectivity index (χ1) is 9.22. The molecule has 1 heterocycles. The third kappa shape index (κ3) is 3.89. The number of nitrogens with one attached hydrogen (secondary N) is 1. The van der Waals surface area contributed by atoms with Gasteiger partial charge >= 0.3 is 0 Å². The summed E-state index contributed by atoms with van der Waals surface area (Å²) in [7, 11) is 1.62. The average molecular weight is 329 g/mol. The number of hydrogen-bond donors (Lipinski definition) is 1. The number of ether oxygens (including phenoxy) is 1. The van der Waals surface area contributed by atoms with Crippen LogP contribution in [0.5, 0.6) is 0 Å². The Hall–Kier alpha value is -0.680. The third-order valence-electron chi connectivity index (χ3n) is 3.72. The van der Waals surface area contributed by atoms with Crippen LogP contribution in [0, 0.1) is 0 Å². The molecule has 0 atom stereocenters. The smallest absolute Gasteiger partial charge is 0.265 e. The van der Waals surface area contributed by atoms with Gasteiger partial charge in [0.2, 0.25) is 0 Å². The zero-order chi connectivity index (χ0) is 13.7. The molecular weight excluding hydrogens is 308 g/mol. The summed E-state index contributed by atoms with van der Waals surface area (Å²) in [6, 6.07) is 0. The first-order valence-electron chi connectivity index (χ1n) is 7.00. The van der Waals surface area contributed by atoms with Crippen molar-refractivity contribution in [3.05, 3.63) is 26.3 Å². The van der Waals surface area contributed by atoms with Crippen LogP contribution < -0.4 is 5.56 Å². The molecule has 1 N–H and O–H groups in total. The molecule has 106 valence electrons. The largest absolute Gasteiger partial charge is 0.378 e. The van der Waals surface area contributed by atoms with Crippen molar-refractivity contribution in [2.24, 2.45) is 0 Å². The lowest BCUT2D eigenvalue weighted by Crippen LogP contribution is -2.19.